The molecule has 0 spiro atoms. The van der Waals surface area contributed by atoms with Crippen LogP contribution < -0.4 is 5.32 Å². The highest BCUT2D eigenvalue weighted by molar-refractivity contribution is 7.99. The maximum absolute atomic E-state index is 13.1. The fourth-order valence-corrected chi connectivity index (χ4v) is 4.17. The van der Waals surface area contributed by atoms with Crippen molar-refractivity contribution in [2.75, 3.05) is 12.3 Å². The van der Waals surface area contributed by atoms with E-state index in [0.29, 0.717) is 25.9 Å². The lowest BCUT2D eigenvalue weighted by Crippen LogP contribution is -2.49. The van der Waals surface area contributed by atoms with E-state index in [4.69, 9.17) is 11.6 Å². The molecule has 0 aliphatic carbocycles. The molecule has 6 heteroatoms. The maximum atomic E-state index is 13.1. The SMILES string of the molecule is CCNC(=O)C(CC)N(Cc1ccc(C)cc1)C(=O)CCCSc1ccc(Cl)cc1. The predicted molar refractivity (Wildman–Crippen MR) is 126 cm³/mol. The van der Waals surface area contributed by atoms with Gasteiger partial charge in [0.15, 0.2) is 0 Å². The van der Waals surface area contributed by atoms with E-state index in [9.17, 15) is 9.59 Å². The maximum Gasteiger partial charge on any atom is 0.242 e. The molecule has 162 valence electrons. The fourth-order valence-electron chi connectivity index (χ4n) is 3.19. The molecule has 4 nitrogen and oxygen atoms in total. The van der Waals surface area contributed by atoms with E-state index in [0.717, 1.165) is 27.7 Å². The Morgan fingerprint density at radius 3 is 2.33 bits per heavy atom. The van der Waals surface area contributed by atoms with Gasteiger partial charge in [-0.2, -0.15) is 0 Å². The lowest BCUT2D eigenvalue weighted by Gasteiger charge is -2.30. The molecule has 30 heavy (non-hydrogen) atoms. The van der Waals surface area contributed by atoms with Crippen LogP contribution in [0.3, 0.4) is 0 Å². The number of thioether (sulfide) groups is 1. The molecule has 0 fully saturated rings. The summed E-state index contributed by atoms with van der Waals surface area (Å²) in [6.45, 7) is 6.88. The van der Waals surface area contributed by atoms with Gasteiger partial charge in [0.25, 0.3) is 0 Å². The zero-order chi connectivity index (χ0) is 21.9. The zero-order valence-electron chi connectivity index (χ0n) is 18.0. The first kappa shape index (κ1) is 24.3. The number of carbonyl (C=O) groups is 2. The molecule has 0 aliphatic rings. The number of carbonyl (C=O) groups excluding carboxylic acids is 2. The van der Waals surface area contributed by atoms with E-state index in [1.807, 2.05) is 69.3 Å². The quantitative estimate of drug-likeness (QED) is 0.368. The zero-order valence-corrected chi connectivity index (χ0v) is 19.6. The Hall–Kier alpha value is -1.98. The number of aryl methyl sites for hydroxylation is 1. The van der Waals surface area contributed by atoms with Crippen LogP contribution in [0.5, 0.6) is 0 Å². The Morgan fingerprint density at radius 2 is 1.73 bits per heavy atom. The minimum Gasteiger partial charge on any atom is -0.355 e. The average molecular weight is 447 g/mol. The van der Waals surface area contributed by atoms with Crippen LogP contribution in [0.1, 0.15) is 44.2 Å². The number of halogens is 1. The highest BCUT2D eigenvalue weighted by Crippen LogP contribution is 2.22. The molecule has 0 aliphatic heterocycles. The van der Waals surface area contributed by atoms with Gasteiger partial charge in [-0.3, -0.25) is 9.59 Å². The topological polar surface area (TPSA) is 49.4 Å². The molecule has 0 bridgehead atoms. The van der Waals surface area contributed by atoms with Crippen molar-refractivity contribution in [3.63, 3.8) is 0 Å². The minimum atomic E-state index is -0.456. The highest BCUT2D eigenvalue weighted by Gasteiger charge is 2.27. The number of nitrogens with zero attached hydrogens (tertiary/aromatic N) is 1. The van der Waals surface area contributed by atoms with Crippen LogP contribution in [-0.4, -0.2) is 35.1 Å². The van der Waals surface area contributed by atoms with E-state index < -0.39 is 6.04 Å². The Morgan fingerprint density at radius 1 is 1.07 bits per heavy atom. The molecule has 0 aromatic heterocycles. The molecule has 1 atom stereocenters. The van der Waals surface area contributed by atoms with Crippen LogP contribution in [0.2, 0.25) is 5.02 Å². The van der Waals surface area contributed by atoms with E-state index in [2.05, 4.69) is 5.32 Å². The summed E-state index contributed by atoms with van der Waals surface area (Å²) in [6, 6.07) is 15.4. The first-order chi connectivity index (χ1) is 14.4. The van der Waals surface area contributed by atoms with Gasteiger partial charge >= 0.3 is 0 Å². The van der Waals surface area contributed by atoms with Gasteiger partial charge in [-0.05, 0) is 62.3 Å². The van der Waals surface area contributed by atoms with Crippen LogP contribution >= 0.6 is 23.4 Å². The van der Waals surface area contributed by atoms with Gasteiger partial charge in [-0.15, -0.1) is 11.8 Å². The molecular weight excluding hydrogens is 416 g/mol. The Labute approximate surface area is 189 Å². The first-order valence-electron chi connectivity index (χ1n) is 10.5. The van der Waals surface area contributed by atoms with E-state index in [-0.39, 0.29) is 11.8 Å². The van der Waals surface area contributed by atoms with Gasteiger partial charge in [0.05, 0.1) is 0 Å². The molecule has 1 N–H and O–H groups in total. The van der Waals surface area contributed by atoms with Crippen molar-refractivity contribution in [1.29, 1.82) is 0 Å². The summed E-state index contributed by atoms with van der Waals surface area (Å²) in [5.41, 5.74) is 2.21. The number of nitrogens with one attached hydrogen (secondary N) is 1. The molecule has 2 rings (SSSR count). The van der Waals surface area contributed by atoms with Gasteiger partial charge < -0.3 is 10.2 Å². The lowest BCUT2D eigenvalue weighted by atomic mass is 10.1. The van der Waals surface area contributed by atoms with Gasteiger partial charge in [0.1, 0.15) is 6.04 Å². The second kappa shape index (κ2) is 12.7. The third-order valence-electron chi connectivity index (χ3n) is 4.83. The summed E-state index contributed by atoms with van der Waals surface area (Å²) >= 11 is 7.63. The fraction of sp³-hybridized carbons (Fsp3) is 0.417. The molecule has 2 aromatic rings. The Bertz CT molecular complexity index is 809. The van der Waals surface area contributed by atoms with Crippen molar-refractivity contribution in [2.45, 2.75) is 57.5 Å². The number of hydrogen-bond donors (Lipinski definition) is 1. The molecule has 1 unspecified atom stereocenters. The van der Waals surface area contributed by atoms with E-state index in [1.54, 1.807) is 16.7 Å². The second-order valence-corrected chi connectivity index (χ2v) is 8.84. The molecule has 0 heterocycles. The van der Waals surface area contributed by atoms with Crippen molar-refractivity contribution in [3.05, 3.63) is 64.7 Å². The molecule has 2 amide bonds. The van der Waals surface area contributed by atoms with Crippen LogP contribution in [-0.2, 0) is 16.1 Å². The predicted octanol–water partition coefficient (Wildman–Crippen LogP) is 5.46. The summed E-state index contributed by atoms with van der Waals surface area (Å²) in [4.78, 5) is 28.6. The largest absolute Gasteiger partial charge is 0.355 e. The summed E-state index contributed by atoms with van der Waals surface area (Å²) in [5, 5.41) is 3.59. The monoisotopic (exact) mass is 446 g/mol. The molecule has 2 aromatic carbocycles. The normalized spacial score (nSPS) is 11.7. The number of benzene rings is 2. The smallest absolute Gasteiger partial charge is 0.242 e. The van der Waals surface area contributed by atoms with Crippen LogP contribution in [0.15, 0.2) is 53.4 Å². The van der Waals surface area contributed by atoms with Crippen molar-refractivity contribution in [1.82, 2.24) is 10.2 Å². The number of hydrogen-bond acceptors (Lipinski definition) is 3. The Kier molecular flexibility index (Phi) is 10.2. The van der Waals surface area contributed by atoms with Gasteiger partial charge in [-0.25, -0.2) is 0 Å². The minimum absolute atomic E-state index is 0.0189. The molecular formula is C24H31ClN2O2S. The number of amides is 2. The second-order valence-electron chi connectivity index (χ2n) is 7.23. The Balaban J connectivity index is 2.01. The third kappa shape index (κ3) is 7.69. The summed E-state index contributed by atoms with van der Waals surface area (Å²) < 4.78 is 0. The van der Waals surface area contributed by atoms with E-state index in [1.165, 1.54) is 5.56 Å². The van der Waals surface area contributed by atoms with Crippen molar-refractivity contribution in [3.8, 4) is 0 Å². The van der Waals surface area contributed by atoms with Gasteiger partial charge in [-0.1, -0.05) is 48.4 Å². The van der Waals surface area contributed by atoms with Crippen LogP contribution in [0.25, 0.3) is 0 Å². The summed E-state index contributed by atoms with van der Waals surface area (Å²) in [5.74, 6) is 0.769. The first-order valence-corrected chi connectivity index (χ1v) is 11.8. The number of rotatable bonds is 11. The molecule has 0 radical (unpaired) electrons. The highest BCUT2D eigenvalue weighted by atomic mass is 35.5. The summed E-state index contributed by atoms with van der Waals surface area (Å²) in [7, 11) is 0. The number of likely N-dealkylation sites (N-methyl/N-ethyl adjacent to an activating group) is 1. The van der Waals surface area contributed by atoms with E-state index >= 15 is 0 Å². The van der Waals surface area contributed by atoms with Gasteiger partial charge in [0, 0.05) is 29.4 Å². The van der Waals surface area contributed by atoms with Crippen LogP contribution in [0, 0.1) is 6.92 Å². The van der Waals surface area contributed by atoms with Gasteiger partial charge in [0.2, 0.25) is 11.8 Å². The standard InChI is InChI=1S/C24H31ClN2O2S/c1-4-22(24(29)26-5-2)27(17-19-10-8-18(3)9-11-19)23(28)7-6-16-30-21-14-12-20(25)13-15-21/h8-15,22H,4-7,16-17H2,1-3H3,(H,26,29). The molecule has 0 saturated carbocycles. The summed E-state index contributed by atoms with van der Waals surface area (Å²) in [6.07, 6.45) is 1.76. The lowest BCUT2D eigenvalue weighted by molar-refractivity contribution is -0.141. The molecule has 0 saturated heterocycles. The van der Waals surface area contributed by atoms with Crippen molar-refractivity contribution >= 4 is 35.2 Å². The third-order valence-corrected chi connectivity index (χ3v) is 6.18. The van der Waals surface area contributed by atoms with Crippen molar-refractivity contribution < 1.29 is 9.59 Å². The average Bonchev–Trinajstić information content (AvgIpc) is 2.74. The van der Waals surface area contributed by atoms with Crippen molar-refractivity contribution in [2.24, 2.45) is 0 Å². The van der Waals surface area contributed by atoms with Crippen LogP contribution in [0.4, 0.5) is 0 Å².